The van der Waals surface area contributed by atoms with E-state index in [0.29, 0.717) is 39.4 Å². The van der Waals surface area contributed by atoms with E-state index in [9.17, 15) is 14.9 Å². The van der Waals surface area contributed by atoms with E-state index in [2.05, 4.69) is 20.7 Å². The van der Waals surface area contributed by atoms with Gasteiger partial charge in [0.15, 0.2) is 22.5 Å². The van der Waals surface area contributed by atoms with Gasteiger partial charge in [-0.2, -0.15) is 5.10 Å². The first-order valence-electron chi connectivity index (χ1n) is 12.1. The maximum atomic E-state index is 12.5. The predicted octanol–water partition coefficient (Wildman–Crippen LogP) is 4.78. The average Bonchev–Trinajstić information content (AvgIpc) is 3.43. The predicted molar refractivity (Wildman–Crippen MR) is 156 cm³/mol. The van der Waals surface area contributed by atoms with Gasteiger partial charge in [0, 0.05) is 23.5 Å². The van der Waals surface area contributed by atoms with Crippen LogP contribution in [-0.4, -0.2) is 58.9 Å². The molecule has 210 valence electrons. The van der Waals surface area contributed by atoms with E-state index in [-0.39, 0.29) is 17.3 Å². The number of methoxy groups -OCH3 is 3. The zero-order valence-corrected chi connectivity index (χ0v) is 23.2. The molecule has 1 aromatic heterocycles. The van der Waals surface area contributed by atoms with Crippen LogP contribution in [0.2, 0.25) is 0 Å². The van der Waals surface area contributed by atoms with Gasteiger partial charge in [-0.1, -0.05) is 42.1 Å². The lowest BCUT2D eigenvalue weighted by atomic mass is 10.1. The van der Waals surface area contributed by atoms with Crippen molar-refractivity contribution >= 4 is 35.6 Å². The number of hydrogen-bond donors (Lipinski definition) is 1. The van der Waals surface area contributed by atoms with Crippen molar-refractivity contribution in [3.63, 3.8) is 0 Å². The molecule has 0 atom stereocenters. The standard InChI is InChI=1S/C28H26N6O6S/c1-38-23-16-20(17-24(39-2)26(23)40-3)27-31-32-28(33(27)21-12-5-4-6-13-21)41-18-25(35)30-29-15-9-11-19-10-7-8-14-22(19)34(36)37/h4-17H,18H2,1-3H3,(H,30,35). The third kappa shape index (κ3) is 6.89. The van der Waals surface area contributed by atoms with Crippen LogP contribution in [0.1, 0.15) is 5.56 Å². The third-order valence-electron chi connectivity index (χ3n) is 5.66. The molecule has 0 aliphatic heterocycles. The molecule has 4 aromatic rings. The first kappa shape index (κ1) is 28.8. The number of hydrazone groups is 1. The Morgan fingerprint density at radius 3 is 2.37 bits per heavy atom. The Labute approximate surface area is 239 Å². The van der Waals surface area contributed by atoms with Crippen LogP contribution in [0.3, 0.4) is 0 Å². The van der Waals surface area contributed by atoms with Crippen molar-refractivity contribution in [1.82, 2.24) is 20.2 Å². The molecule has 0 spiro atoms. The SMILES string of the molecule is COc1cc(-c2nnc(SCC(=O)NN=CC=Cc3ccccc3[N+](=O)[O-])n2-c2ccccc2)cc(OC)c1OC. The lowest BCUT2D eigenvalue weighted by Crippen LogP contribution is -2.19. The smallest absolute Gasteiger partial charge is 0.276 e. The molecule has 0 saturated heterocycles. The van der Waals surface area contributed by atoms with Gasteiger partial charge in [-0.3, -0.25) is 19.5 Å². The molecule has 0 saturated carbocycles. The quantitative estimate of drug-likeness (QED) is 0.109. The highest BCUT2D eigenvalue weighted by atomic mass is 32.2. The van der Waals surface area contributed by atoms with Gasteiger partial charge < -0.3 is 14.2 Å². The Kier molecular flexibility index (Phi) is 9.67. The molecule has 0 radical (unpaired) electrons. The van der Waals surface area contributed by atoms with Gasteiger partial charge in [-0.25, -0.2) is 5.43 Å². The second-order valence-corrected chi connectivity index (χ2v) is 9.11. The molecular formula is C28H26N6O6S. The Balaban J connectivity index is 1.51. The number of nitro benzene ring substituents is 1. The highest BCUT2D eigenvalue weighted by Crippen LogP contribution is 2.41. The molecule has 0 bridgehead atoms. The fourth-order valence-corrected chi connectivity index (χ4v) is 4.57. The fraction of sp³-hybridized carbons (Fsp3) is 0.143. The van der Waals surface area contributed by atoms with E-state index < -0.39 is 4.92 Å². The lowest BCUT2D eigenvalue weighted by Gasteiger charge is -2.15. The first-order chi connectivity index (χ1) is 20.0. The number of nitrogens with one attached hydrogen (secondary N) is 1. The molecule has 1 amide bonds. The van der Waals surface area contributed by atoms with Crippen molar-refractivity contribution < 1.29 is 23.9 Å². The molecule has 0 aliphatic rings. The fourth-order valence-electron chi connectivity index (χ4n) is 3.83. The number of carbonyl (C=O) groups is 1. The summed E-state index contributed by atoms with van der Waals surface area (Å²) >= 11 is 1.18. The number of thioether (sulfide) groups is 1. The summed E-state index contributed by atoms with van der Waals surface area (Å²) in [5.74, 6) is 1.52. The molecule has 0 aliphatic carbocycles. The van der Waals surface area contributed by atoms with E-state index >= 15 is 0 Å². The molecular weight excluding hydrogens is 548 g/mol. The molecule has 1 N–H and O–H groups in total. The van der Waals surface area contributed by atoms with Crippen LogP contribution in [0, 0.1) is 10.1 Å². The number of aromatic nitrogens is 3. The molecule has 4 rings (SSSR count). The van der Waals surface area contributed by atoms with Crippen LogP contribution in [0.25, 0.3) is 23.2 Å². The van der Waals surface area contributed by atoms with Crippen LogP contribution in [-0.2, 0) is 4.79 Å². The van der Waals surface area contributed by atoms with Crippen LogP contribution in [0.4, 0.5) is 5.69 Å². The van der Waals surface area contributed by atoms with Gasteiger partial charge in [0.1, 0.15) is 0 Å². The van der Waals surface area contributed by atoms with Crippen molar-refractivity contribution in [1.29, 1.82) is 0 Å². The number of amides is 1. The molecule has 1 heterocycles. The maximum absolute atomic E-state index is 12.5. The zero-order chi connectivity index (χ0) is 29.2. The molecule has 13 heteroatoms. The number of carbonyl (C=O) groups excluding carboxylic acids is 1. The number of benzene rings is 3. The lowest BCUT2D eigenvalue weighted by molar-refractivity contribution is -0.385. The van der Waals surface area contributed by atoms with Crippen LogP contribution in [0.15, 0.2) is 83.1 Å². The van der Waals surface area contributed by atoms with Gasteiger partial charge in [0.25, 0.3) is 11.6 Å². The minimum Gasteiger partial charge on any atom is -0.493 e. The monoisotopic (exact) mass is 574 g/mol. The summed E-state index contributed by atoms with van der Waals surface area (Å²) in [7, 11) is 4.60. The number of para-hydroxylation sites is 2. The van der Waals surface area contributed by atoms with Crippen molar-refractivity contribution in [3.05, 3.63) is 88.5 Å². The van der Waals surface area contributed by atoms with E-state index in [1.54, 1.807) is 30.3 Å². The Bertz CT molecular complexity index is 1560. The largest absolute Gasteiger partial charge is 0.493 e. The van der Waals surface area contributed by atoms with E-state index in [0.717, 1.165) is 5.69 Å². The van der Waals surface area contributed by atoms with Gasteiger partial charge in [0.05, 0.1) is 37.6 Å². The summed E-state index contributed by atoms with van der Waals surface area (Å²) in [6, 6.07) is 19.4. The second-order valence-electron chi connectivity index (χ2n) is 8.17. The zero-order valence-electron chi connectivity index (χ0n) is 22.4. The van der Waals surface area contributed by atoms with Gasteiger partial charge >= 0.3 is 0 Å². The van der Waals surface area contributed by atoms with E-state index in [1.807, 2.05) is 34.9 Å². The van der Waals surface area contributed by atoms with Crippen molar-refractivity contribution in [2.75, 3.05) is 27.1 Å². The molecule has 12 nitrogen and oxygen atoms in total. The molecule has 3 aromatic carbocycles. The summed E-state index contributed by atoms with van der Waals surface area (Å²) in [5, 5.41) is 24.2. The Morgan fingerprint density at radius 2 is 1.71 bits per heavy atom. The van der Waals surface area contributed by atoms with E-state index in [1.165, 1.54) is 57.5 Å². The third-order valence-corrected chi connectivity index (χ3v) is 6.59. The number of ether oxygens (including phenoxy) is 3. The highest BCUT2D eigenvalue weighted by Gasteiger charge is 2.21. The molecule has 0 unspecified atom stereocenters. The number of rotatable bonds is 12. The van der Waals surface area contributed by atoms with Gasteiger partial charge in [-0.15, -0.1) is 10.2 Å². The number of nitro groups is 1. The second kappa shape index (κ2) is 13.8. The van der Waals surface area contributed by atoms with Crippen LogP contribution >= 0.6 is 11.8 Å². The number of allylic oxidation sites excluding steroid dienone is 1. The maximum Gasteiger partial charge on any atom is 0.276 e. The summed E-state index contributed by atoms with van der Waals surface area (Å²) in [5.41, 5.74) is 4.30. The topological polar surface area (TPSA) is 143 Å². The molecule has 41 heavy (non-hydrogen) atoms. The first-order valence-corrected chi connectivity index (χ1v) is 13.1. The minimum absolute atomic E-state index is 0.00539. The Hall–Kier alpha value is -5.17. The van der Waals surface area contributed by atoms with Crippen molar-refractivity contribution in [3.8, 4) is 34.3 Å². The van der Waals surface area contributed by atoms with Crippen LogP contribution in [0.5, 0.6) is 17.2 Å². The summed E-state index contributed by atoms with van der Waals surface area (Å²) in [6.07, 6.45) is 4.38. The number of hydrogen-bond acceptors (Lipinski definition) is 10. The van der Waals surface area contributed by atoms with Crippen molar-refractivity contribution in [2.24, 2.45) is 5.10 Å². The van der Waals surface area contributed by atoms with E-state index in [4.69, 9.17) is 14.2 Å². The summed E-state index contributed by atoms with van der Waals surface area (Å²) < 4.78 is 18.3. The molecule has 0 fully saturated rings. The van der Waals surface area contributed by atoms with Crippen LogP contribution < -0.4 is 19.6 Å². The normalized spacial score (nSPS) is 11.1. The number of nitrogens with zero attached hydrogens (tertiary/aromatic N) is 5. The Morgan fingerprint density at radius 1 is 1.02 bits per heavy atom. The minimum atomic E-state index is -0.461. The summed E-state index contributed by atoms with van der Waals surface area (Å²) in [6.45, 7) is 0. The average molecular weight is 575 g/mol. The van der Waals surface area contributed by atoms with Gasteiger partial charge in [-0.05, 0) is 42.5 Å². The summed E-state index contributed by atoms with van der Waals surface area (Å²) in [4.78, 5) is 23.2. The van der Waals surface area contributed by atoms with Crippen molar-refractivity contribution in [2.45, 2.75) is 5.16 Å². The highest BCUT2D eigenvalue weighted by molar-refractivity contribution is 7.99. The van der Waals surface area contributed by atoms with Gasteiger partial charge in [0.2, 0.25) is 5.75 Å².